The standard InChI is InChI=1S/C16H24N2Si/c1-5-19(6-2,7-3)15-11-8-10-14(4)16(15)18-13-9-12-17-18/h8-13H,5-7H2,1-4H3. The first kappa shape index (κ1) is 14.1. The Hall–Kier alpha value is -1.35. The van der Waals surface area contributed by atoms with E-state index in [0.29, 0.717) is 0 Å². The highest BCUT2D eigenvalue weighted by atomic mass is 28.3. The van der Waals surface area contributed by atoms with E-state index in [9.17, 15) is 0 Å². The lowest BCUT2D eigenvalue weighted by atomic mass is 10.2. The summed E-state index contributed by atoms with van der Waals surface area (Å²) >= 11 is 0. The van der Waals surface area contributed by atoms with Crippen LogP contribution >= 0.6 is 0 Å². The Morgan fingerprint density at radius 1 is 1.05 bits per heavy atom. The molecule has 0 aliphatic rings. The van der Waals surface area contributed by atoms with Gasteiger partial charge in [0.05, 0.1) is 13.8 Å². The average molecular weight is 272 g/mol. The van der Waals surface area contributed by atoms with Gasteiger partial charge >= 0.3 is 0 Å². The number of rotatable bonds is 5. The summed E-state index contributed by atoms with van der Waals surface area (Å²) in [6.45, 7) is 9.26. The van der Waals surface area contributed by atoms with Gasteiger partial charge in [-0.2, -0.15) is 5.10 Å². The van der Waals surface area contributed by atoms with Crippen LogP contribution in [0.25, 0.3) is 5.69 Å². The zero-order valence-corrected chi connectivity index (χ0v) is 13.5. The van der Waals surface area contributed by atoms with Crippen molar-refractivity contribution in [3.63, 3.8) is 0 Å². The van der Waals surface area contributed by atoms with Gasteiger partial charge in [0.15, 0.2) is 0 Å². The molecule has 2 nitrogen and oxygen atoms in total. The number of aromatic nitrogens is 2. The molecule has 19 heavy (non-hydrogen) atoms. The second-order valence-corrected chi connectivity index (χ2v) is 10.5. The van der Waals surface area contributed by atoms with Gasteiger partial charge in [-0.1, -0.05) is 57.1 Å². The number of para-hydroxylation sites is 1. The van der Waals surface area contributed by atoms with E-state index in [2.05, 4.69) is 57.2 Å². The molecule has 0 radical (unpaired) electrons. The summed E-state index contributed by atoms with van der Waals surface area (Å²) in [6, 6.07) is 12.7. The van der Waals surface area contributed by atoms with Crippen LogP contribution in [0.2, 0.25) is 18.1 Å². The number of benzene rings is 1. The zero-order chi connectivity index (χ0) is 13.9. The van der Waals surface area contributed by atoms with E-state index in [-0.39, 0.29) is 0 Å². The highest BCUT2D eigenvalue weighted by Gasteiger charge is 2.32. The molecule has 0 fully saturated rings. The fourth-order valence-electron chi connectivity index (χ4n) is 3.11. The van der Waals surface area contributed by atoms with E-state index < -0.39 is 8.07 Å². The predicted octanol–water partition coefficient (Wildman–Crippen LogP) is 3.90. The third kappa shape index (κ3) is 2.39. The summed E-state index contributed by atoms with van der Waals surface area (Å²) in [4.78, 5) is 0. The molecule has 1 aromatic carbocycles. The maximum Gasteiger partial charge on any atom is 0.0887 e. The SMILES string of the molecule is CC[Si](CC)(CC)c1cccc(C)c1-n1cccn1. The number of hydrogen-bond donors (Lipinski definition) is 0. The number of hydrogen-bond acceptors (Lipinski definition) is 1. The number of nitrogens with zero attached hydrogens (tertiary/aromatic N) is 2. The summed E-state index contributed by atoms with van der Waals surface area (Å²) in [7, 11) is -1.39. The minimum Gasteiger partial charge on any atom is -0.241 e. The Morgan fingerprint density at radius 2 is 1.74 bits per heavy atom. The first-order chi connectivity index (χ1) is 9.18. The normalized spacial score (nSPS) is 11.8. The van der Waals surface area contributed by atoms with Gasteiger partial charge in [-0.3, -0.25) is 0 Å². The molecular formula is C16H24N2Si. The van der Waals surface area contributed by atoms with Crippen molar-refractivity contribution in [1.29, 1.82) is 0 Å². The fraction of sp³-hybridized carbons (Fsp3) is 0.438. The number of aryl methyl sites for hydroxylation is 1. The largest absolute Gasteiger partial charge is 0.241 e. The van der Waals surface area contributed by atoms with Crippen LogP contribution in [0, 0.1) is 6.92 Å². The summed E-state index contributed by atoms with van der Waals surface area (Å²) < 4.78 is 2.05. The summed E-state index contributed by atoms with van der Waals surface area (Å²) in [5, 5.41) is 6.04. The molecule has 0 amide bonds. The van der Waals surface area contributed by atoms with Crippen LogP contribution in [-0.2, 0) is 0 Å². The first-order valence-corrected chi connectivity index (χ1v) is 9.90. The molecule has 0 aliphatic heterocycles. The Kier molecular flexibility index (Phi) is 4.25. The Bertz CT molecular complexity index is 519. The fourth-order valence-corrected chi connectivity index (χ4v) is 7.02. The lowest BCUT2D eigenvalue weighted by molar-refractivity contribution is 0.876. The first-order valence-electron chi connectivity index (χ1n) is 7.28. The van der Waals surface area contributed by atoms with Crippen LogP contribution in [-0.4, -0.2) is 17.9 Å². The molecule has 0 saturated heterocycles. The van der Waals surface area contributed by atoms with Crippen molar-refractivity contribution in [2.24, 2.45) is 0 Å². The lowest BCUT2D eigenvalue weighted by Crippen LogP contribution is -2.47. The summed E-state index contributed by atoms with van der Waals surface area (Å²) in [6.07, 6.45) is 3.93. The van der Waals surface area contributed by atoms with E-state index in [4.69, 9.17) is 0 Å². The monoisotopic (exact) mass is 272 g/mol. The van der Waals surface area contributed by atoms with E-state index in [1.807, 2.05) is 16.9 Å². The Morgan fingerprint density at radius 3 is 2.26 bits per heavy atom. The van der Waals surface area contributed by atoms with Gasteiger partial charge in [0.25, 0.3) is 0 Å². The van der Waals surface area contributed by atoms with Gasteiger partial charge in [-0.25, -0.2) is 4.68 Å². The van der Waals surface area contributed by atoms with Crippen molar-refractivity contribution < 1.29 is 0 Å². The minimum atomic E-state index is -1.39. The molecule has 1 heterocycles. The molecule has 0 spiro atoms. The molecule has 2 rings (SSSR count). The molecule has 0 bridgehead atoms. The van der Waals surface area contributed by atoms with Gasteiger partial charge < -0.3 is 0 Å². The van der Waals surface area contributed by atoms with E-state index in [1.165, 1.54) is 29.4 Å². The molecular weight excluding hydrogens is 248 g/mol. The van der Waals surface area contributed by atoms with Crippen molar-refractivity contribution in [3.05, 3.63) is 42.2 Å². The molecule has 0 aliphatic carbocycles. The average Bonchev–Trinajstić information content (AvgIpc) is 2.95. The van der Waals surface area contributed by atoms with Crippen molar-refractivity contribution in [3.8, 4) is 5.69 Å². The summed E-state index contributed by atoms with van der Waals surface area (Å²) in [5.74, 6) is 0. The zero-order valence-electron chi connectivity index (χ0n) is 12.5. The quantitative estimate of drug-likeness (QED) is 0.755. The van der Waals surface area contributed by atoms with Crippen LogP contribution in [0.5, 0.6) is 0 Å². The second-order valence-electron chi connectivity index (χ2n) is 5.26. The summed E-state index contributed by atoms with van der Waals surface area (Å²) in [5.41, 5.74) is 2.65. The van der Waals surface area contributed by atoms with Gasteiger partial charge in [0, 0.05) is 12.4 Å². The molecule has 2 aromatic rings. The van der Waals surface area contributed by atoms with Crippen molar-refractivity contribution in [2.75, 3.05) is 0 Å². The molecule has 0 N–H and O–H groups in total. The van der Waals surface area contributed by atoms with Crippen LogP contribution < -0.4 is 5.19 Å². The maximum absolute atomic E-state index is 4.46. The highest BCUT2D eigenvalue weighted by Crippen LogP contribution is 2.24. The Balaban J connectivity index is 2.67. The molecule has 1 aromatic heterocycles. The van der Waals surface area contributed by atoms with Gasteiger partial charge in [0.2, 0.25) is 0 Å². The van der Waals surface area contributed by atoms with E-state index >= 15 is 0 Å². The molecule has 3 heteroatoms. The molecule has 0 unspecified atom stereocenters. The van der Waals surface area contributed by atoms with Gasteiger partial charge in [-0.15, -0.1) is 0 Å². The van der Waals surface area contributed by atoms with Crippen molar-refractivity contribution in [1.82, 2.24) is 9.78 Å². The van der Waals surface area contributed by atoms with E-state index in [1.54, 1.807) is 5.19 Å². The predicted molar refractivity (Wildman–Crippen MR) is 85.1 cm³/mol. The molecule has 0 saturated carbocycles. The van der Waals surface area contributed by atoms with Crippen molar-refractivity contribution in [2.45, 2.75) is 45.8 Å². The van der Waals surface area contributed by atoms with Gasteiger partial charge in [-0.05, 0) is 23.7 Å². The Labute approximate surface area is 117 Å². The van der Waals surface area contributed by atoms with Crippen LogP contribution in [0.15, 0.2) is 36.7 Å². The van der Waals surface area contributed by atoms with Crippen LogP contribution in [0.4, 0.5) is 0 Å². The van der Waals surface area contributed by atoms with Crippen molar-refractivity contribution >= 4 is 13.3 Å². The van der Waals surface area contributed by atoms with Crippen LogP contribution in [0.1, 0.15) is 26.3 Å². The van der Waals surface area contributed by atoms with Crippen LogP contribution in [0.3, 0.4) is 0 Å². The lowest BCUT2D eigenvalue weighted by Gasteiger charge is -2.31. The third-order valence-electron chi connectivity index (χ3n) is 4.57. The smallest absolute Gasteiger partial charge is 0.0887 e. The topological polar surface area (TPSA) is 17.8 Å². The molecule has 102 valence electrons. The van der Waals surface area contributed by atoms with Gasteiger partial charge in [0.1, 0.15) is 0 Å². The van der Waals surface area contributed by atoms with E-state index in [0.717, 1.165) is 0 Å². The molecule has 0 atom stereocenters. The second kappa shape index (κ2) is 5.74. The third-order valence-corrected chi connectivity index (χ3v) is 10.2. The minimum absolute atomic E-state index is 1.30. The highest BCUT2D eigenvalue weighted by molar-refractivity contribution is 6.92. The maximum atomic E-state index is 4.46.